The van der Waals surface area contributed by atoms with E-state index in [1.165, 1.54) is 6.07 Å². The van der Waals surface area contributed by atoms with Crippen molar-refractivity contribution >= 4 is 23.4 Å². The minimum atomic E-state index is -0.368. The normalized spacial score (nSPS) is 14.5. The number of carbonyl (C=O) groups is 2. The molecule has 2 amide bonds. The van der Waals surface area contributed by atoms with Crippen LogP contribution in [0.3, 0.4) is 0 Å². The van der Waals surface area contributed by atoms with Crippen LogP contribution in [0.4, 0.5) is 4.39 Å². The van der Waals surface area contributed by atoms with Gasteiger partial charge in [-0.3, -0.25) is 9.59 Å². The van der Waals surface area contributed by atoms with Crippen molar-refractivity contribution in [2.24, 2.45) is 0 Å². The highest BCUT2D eigenvalue weighted by Gasteiger charge is 2.25. The first-order chi connectivity index (χ1) is 12.0. The Morgan fingerprint density at radius 3 is 2.16 bits per heavy atom. The van der Waals surface area contributed by atoms with Gasteiger partial charge in [0.25, 0.3) is 5.91 Å². The van der Waals surface area contributed by atoms with Gasteiger partial charge in [0.1, 0.15) is 5.82 Å². The molecule has 1 saturated heterocycles. The number of nitrogens with zero attached hydrogens (tertiary/aromatic N) is 2. The standard InChI is InChI=1S/C19H18ClFN2O2/c20-16-7-5-14(6-8-16)19(25)23-11-9-22(10-12-23)18(24)13-15-3-1-2-4-17(15)21/h1-8H,9-13H2. The molecule has 3 rings (SSSR count). The molecule has 1 heterocycles. The predicted molar refractivity (Wildman–Crippen MR) is 94.0 cm³/mol. The fourth-order valence-corrected chi connectivity index (χ4v) is 2.98. The molecule has 0 radical (unpaired) electrons. The maximum atomic E-state index is 13.7. The summed E-state index contributed by atoms with van der Waals surface area (Å²) in [6.45, 7) is 1.83. The molecule has 1 fully saturated rings. The minimum absolute atomic E-state index is 0.0395. The Kier molecular flexibility index (Phi) is 5.34. The van der Waals surface area contributed by atoms with Gasteiger partial charge in [-0.05, 0) is 35.9 Å². The summed E-state index contributed by atoms with van der Waals surface area (Å²) in [6.07, 6.45) is 0.0395. The number of rotatable bonds is 3. The maximum absolute atomic E-state index is 13.7. The van der Waals surface area contributed by atoms with Crippen LogP contribution in [0.1, 0.15) is 15.9 Å². The first kappa shape index (κ1) is 17.4. The number of hydrogen-bond donors (Lipinski definition) is 0. The molecule has 0 N–H and O–H groups in total. The van der Waals surface area contributed by atoms with Crippen LogP contribution in [-0.2, 0) is 11.2 Å². The predicted octanol–water partition coefficient (Wildman–Crippen LogP) is 3.01. The molecule has 130 valence electrons. The van der Waals surface area contributed by atoms with Crippen molar-refractivity contribution in [3.63, 3.8) is 0 Å². The lowest BCUT2D eigenvalue weighted by Gasteiger charge is -2.35. The Morgan fingerprint density at radius 2 is 1.52 bits per heavy atom. The average Bonchev–Trinajstić information content (AvgIpc) is 2.64. The molecule has 0 bridgehead atoms. The van der Waals surface area contributed by atoms with Gasteiger partial charge in [0, 0.05) is 36.8 Å². The molecule has 0 aliphatic carbocycles. The van der Waals surface area contributed by atoms with Gasteiger partial charge < -0.3 is 9.80 Å². The van der Waals surface area contributed by atoms with Crippen LogP contribution >= 0.6 is 11.6 Å². The lowest BCUT2D eigenvalue weighted by Crippen LogP contribution is -2.51. The number of carbonyl (C=O) groups excluding carboxylic acids is 2. The molecule has 2 aromatic rings. The molecule has 0 aromatic heterocycles. The molecule has 0 atom stereocenters. The number of hydrogen-bond acceptors (Lipinski definition) is 2. The summed E-state index contributed by atoms with van der Waals surface area (Å²) in [6, 6.07) is 13.0. The largest absolute Gasteiger partial charge is 0.339 e. The number of amides is 2. The van der Waals surface area contributed by atoms with E-state index in [0.717, 1.165) is 0 Å². The highest BCUT2D eigenvalue weighted by molar-refractivity contribution is 6.30. The Labute approximate surface area is 150 Å². The summed E-state index contributed by atoms with van der Waals surface area (Å²) in [5, 5.41) is 0.583. The van der Waals surface area contributed by atoms with Crippen molar-refractivity contribution in [3.8, 4) is 0 Å². The maximum Gasteiger partial charge on any atom is 0.253 e. The zero-order valence-corrected chi connectivity index (χ0v) is 14.4. The van der Waals surface area contributed by atoms with E-state index < -0.39 is 0 Å². The van der Waals surface area contributed by atoms with E-state index in [-0.39, 0.29) is 24.1 Å². The first-order valence-electron chi connectivity index (χ1n) is 8.10. The molecule has 25 heavy (non-hydrogen) atoms. The Balaban J connectivity index is 1.56. The molecule has 1 aliphatic rings. The third-order valence-corrected chi connectivity index (χ3v) is 4.56. The molecule has 0 unspecified atom stereocenters. The van der Waals surface area contributed by atoms with E-state index in [2.05, 4.69) is 0 Å². The van der Waals surface area contributed by atoms with E-state index in [0.29, 0.717) is 42.3 Å². The van der Waals surface area contributed by atoms with Crippen molar-refractivity contribution in [1.82, 2.24) is 9.80 Å². The molecule has 0 saturated carbocycles. The van der Waals surface area contributed by atoms with Crippen LogP contribution in [0, 0.1) is 5.82 Å². The van der Waals surface area contributed by atoms with Gasteiger partial charge in [-0.1, -0.05) is 29.8 Å². The zero-order chi connectivity index (χ0) is 17.8. The van der Waals surface area contributed by atoms with Crippen LogP contribution in [0.2, 0.25) is 5.02 Å². The second kappa shape index (κ2) is 7.66. The van der Waals surface area contributed by atoms with Gasteiger partial charge >= 0.3 is 0 Å². The van der Waals surface area contributed by atoms with Crippen LogP contribution in [0.25, 0.3) is 0 Å². The van der Waals surface area contributed by atoms with E-state index >= 15 is 0 Å². The molecule has 2 aromatic carbocycles. The second-order valence-corrected chi connectivity index (χ2v) is 6.38. The van der Waals surface area contributed by atoms with E-state index in [1.54, 1.807) is 52.3 Å². The highest BCUT2D eigenvalue weighted by atomic mass is 35.5. The number of piperazine rings is 1. The molecule has 1 aliphatic heterocycles. The van der Waals surface area contributed by atoms with Gasteiger partial charge in [-0.15, -0.1) is 0 Å². The fraction of sp³-hybridized carbons (Fsp3) is 0.263. The molecule has 0 spiro atoms. The summed E-state index contributed by atoms with van der Waals surface area (Å²) >= 11 is 5.84. The summed E-state index contributed by atoms with van der Waals surface area (Å²) in [7, 11) is 0. The third-order valence-electron chi connectivity index (χ3n) is 4.31. The van der Waals surface area contributed by atoms with Gasteiger partial charge in [0.15, 0.2) is 0 Å². The lowest BCUT2D eigenvalue weighted by atomic mass is 10.1. The van der Waals surface area contributed by atoms with E-state index in [4.69, 9.17) is 11.6 Å². The molecule has 6 heteroatoms. The minimum Gasteiger partial charge on any atom is -0.339 e. The van der Waals surface area contributed by atoms with Gasteiger partial charge in [-0.2, -0.15) is 0 Å². The van der Waals surface area contributed by atoms with Crippen LogP contribution in [0.15, 0.2) is 48.5 Å². The van der Waals surface area contributed by atoms with Gasteiger partial charge in [-0.25, -0.2) is 4.39 Å². The molecule has 4 nitrogen and oxygen atoms in total. The smallest absolute Gasteiger partial charge is 0.253 e. The summed E-state index contributed by atoms with van der Waals surface area (Å²) in [5.41, 5.74) is 0.975. The summed E-state index contributed by atoms with van der Waals surface area (Å²) in [5.74, 6) is -0.561. The number of benzene rings is 2. The van der Waals surface area contributed by atoms with E-state index in [1.807, 2.05) is 0 Å². The molecular weight excluding hydrogens is 343 g/mol. The quantitative estimate of drug-likeness (QED) is 0.844. The van der Waals surface area contributed by atoms with Crippen LogP contribution in [-0.4, -0.2) is 47.8 Å². The van der Waals surface area contributed by atoms with Crippen molar-refractivity contribution < 1.29 is 14.0 Å². The SMILES string of the molecule is O=C(Cc1ccccc1F)N1CCN(C(=O)c2ccc(Cl)cc2)CC1. The fourth-order valence-electron chi connectivity index (χ4n) is 2.85. The van der Waals surface area contributed by atoms with Crippen molar-refractivity contribution in [2.45, 2.75) is 6.42 Å². The first-order valence-corrected chi connectivity index (χ1v) is 8.48. The summed E-state index contributed by atoms with van der Waals surface area (Å²) in [4.78, 5) is 28.2. The van der Waals surface area contributed by atoms with Crippen molar-refractivity contribution in [1.29, 1.82) is 0 Å². The van der Waals surface area contributed by atoms with E-state index in [9.17, 15) is 14.0 Å². The van der Waals surface area contributed by atoms with Crippen molar-refractivity contribution in [2.75, 3.05) is 26.2 Å². The van der Waals surface area contributed by atoms with Crippen molar-refractivity contribution in [3.05, 3.63) is 70.5 Å². The Hall–Kier alpha value is -2.40. The number of halogens is 2. The molecular formula is C19H18ClFN2O2. The summed E-state index contributed by atoms with van der Waals surface area (Å²) < 4.78 is 13.7. The topological polar surface area (TPSA) is 40.6 Å². The van der Waals surface area contributed by atoms with Gasteiger partial charge in [0.05, 0.1) is 6.42 Å². The highest BCUT2D eigenvalue weighted by Crippen LogP contribution is 2.14. The average molecular weight is 361 g/mol. The van der Waals surface area contributed by atoms with Crippen LogP contribution in [0.5, 0.6) is 0 Å². The zero-order valence-electron chi connectivity index (χ0n) is 13.6. The lowest BCUT2D eigenvalue weighted by molar-refractivity contribution is -0.132. The Bertz CT molecular complexity index is 771. The monoisotopic (exact) mass is 360 g/mol. The van der Waals surface area contributed by atoms with Crippen LogP contribution < -0.4 is 0 Å². The van der Waals surface area contributed by atoms with Gasteiger partial charge in [0.2, 0.25) is 5.91 Å². The Morgan fingerprint density at radius 1 is 0.920 bits per heavy atom. The third kappa shape index (κ3) is 4.17. The second-order valence-electron chi connectivity index (χ2n) is 5.95.